The number of allylic oxidation sites excluding steroid dienone is 2. The van der Waals surface area contributed by atoms with Gasteiger partial charge in [-0.2, -0.15) is 0 Å². The zero-order chi connectivity index (χ0) is 17.4. The van der Waals surface area contributed by atoms with Gasteiger partial charge in [-0.25, -0.2) is 0 Å². The lowest BCUT2D eigenvalue weighted by Crippen LogP contribution is -2.26. The van der Waals surface area contributed by atoms with Gasteiger partial charge in [0, 0.05) is 6.42 Å². The van der Waals surface area contributed by atoms with Gasteiger partial charge in [0.15, 0.2) is 0 Å². The van der Waals surface area contributed by atoms with Gasteiger partial charge in [-0.3, -0.25) is 0 Å². The first-order chi connectivity index (χ1) is 11.2. The van der Waals surface area contributed by atoms with Crippen LogP contribution >= 0.6 is 0 Å². The zero-order valence-corrected chi connectivity index (χ0v) is 15.3. The van der Waals surface area contributed by atoms with Crippen LogP contribution in [0.15, 0.2) is 25.3 Å². The van der Waals surface area contributed by atoms with Crippen molar-refractivity contribution < 1.29 is 0 Å². The minimum absolute atomic E-state index is 0.237. The molecular formula is C23H32. The first kappa shape index (κ1) is 21.2. The topological polar surface area (TPSA) is 0 Å². The molecule has 0 N–H and O–H groups in total. The highest BCUT2D eigenvalue weighted by Gasteiger charge is 2.31. The summed E-state index contributed by atoms with van der Waals surface area (Å²) in [6.45, 7) is 13.8. The van der Waals surface area contributed by atoms with E-state index in [4.69, 9.17) is 0 Å². The summed E-state index contributed by atoms with van der Waals surface area (Å²) in [5, 5.41) is 0. The molecule has 0 amide bonds. The van der Waals surface area contributed by atoms with E-state index in [1.54, 1.807) is 0 Å². The fourth-order valence-corrected chi connectivity index (χ4v) is 2.65. The number of hydrogen-bond donors (Lipinski definition) is 0. The minimum Gasteiger partial charge on any atom is -0.105 e. The highest BCUT2D eigenvalue weighted by Crippen LogP contribution is 2.36. The van der Waals surface area contributed by atoms with E-state index in [9.17, 15) is 0 Å². The van der Waals surface area contributed by atoms with E-state index in [0.29, 0.717) is 5.92 Å². The average Bonchev–Trinajstić information content (AvgIpc) is 2.55. The largest absolute Gasteiger partial charge is 0.105 e. The molecule has 0 heterocycles. The Morgan fingerprint density at radius 2 is 1.70 bits per heavy atom. The molecule has 0 aliphatic rings. The third-order valence-corrected chi connectivity index (χ3v) is 4.08. The summed E-state index contributed by atoms with van der Waals surface area (Å²) in [4.78, 5) is 0. The summed E-state index contributed by atoms with van der Waals surface area (Å²) in [5.74, 6) is 19.5. The summed E-state index contributed by atoms with van der Waals surface area (Å²) in [7, 11) is 0. The molecule has 124 valence electrons. The van der Waals surface area contributed by atoms with Crippen LogP contribution in [0.1, 0.15) is 72.1 Å². The number of rotatable bonds is 10. The van der Waals surface area contributed by atoms with Crippen molar-refractivity contribution in [1.29, 1.82) is 0 Å². The second kappa shape index (κ2) is 13.8. The Morgan fingerprint density at radius 3 is 2.30 bits per heavy atom. The van der Waals surface area contributed by atoms with E-state index < -0.39 is 0 Å². The lowest BCUT2D eigenvalue weighted by atomic mass is 9.71. The van der Waals surface area contributed by atoms with Gasteiger partial charge in [-0.05, 0) is 63.2 Å². The predicted octanol–water partition coefficient (Wildman–Crippen LogP) is 6.15. The van der Waals surface area contributed by atoms with Gasteiger partial charge in [-0.15, -0.1) is 19.1 Å². The number of hydrogen-bond acceptors (Lipinski definition) is 0. The summed E-state index contributed by atoms with van der Waals surface area (Å²) < 4.78 is 0. The van der Waals surface area contributed by atoms with Crippen LogP contribution in [0.5, 0.6) is 0 Å². The van der Waals surface area contributed by atoms with Gasteiger partial charge in [0.25, 0.3) is 0 Å². The first-order valence-electron chi connectivity index (χ1n) is 8.82. The molecule has 0 fully saturated rings. The van der Waals surface area contributed by atoms with Crippen molar-refractivity contribution in [2.45, 2.75) is 72.1 Å². The van der Waals surface area contributed by atoms with Gasteiger partial charge in [-0.1, -0.05) is 50.2 Å². The molecule has 0 bridgehead atoms. The van der Waals surface area contributed by atoms with Crippen LogP contribution in [0.4, 0.5) is 0 Å². The highest BCUT2D eigenvalue weighted by molar-refractivity contribution is 5.35. The molecular weight excluding hydrogens is 276 g/mol. The van der Waals surface area contributed by atoms with E-state index in [1.807, 2.05) is 26.0 Å². The minimum atomic E-state index is -0.237. The Hall–Kier alpha value is -1.84. The van der Waals surface area contributed by atoms with Crippen molar-refractivity contribution in [2.24, 2.45) is 11.3 Å². The quantitative estimate of drug-likeness (QED) is 0.258. The molecule has 0 rings (SSSR count). The molecule has 0 aromatic heterocycles. The second-order valence-corrected chi connectivity index (χ2v) is 5.91. The third kappa shape index (κ3) is 9.01. The van der Waals surface area contributed by atoms with Crippen molar-refractivity contribution in [2.75, 3.05) is 0 Å². The molecule has 2 atom stereocenters. The summed E-state index contributed by atoms with van der Waals surface area (Å²) in [6.07, 6.45) is 12.5. The van der Waals surface area contributed by atoms with E-state index in [2.05, 4.69) is 55.6 Å². The molecule has 2 unspecified atom stereocenters. The van der Waals surface area contributed by atoms with Crippen molar-refractivity contribution in [3.8, 4) is 35.5 Å². The fraction of sp³-hybridized carbons (Fsp3) is 0.565. The molecule has 0 heteroatoms. The van der Waals surface area contributed by atoms with Gasteiger partial charge in [0.05, 0.1) is 5.41 Å². The maximum Gasteiger partial charge on any atom is 0.0953 e. The molecule has 0 saturated carbocycles. The average molecular weight is 309 g/mol. The molecule has 0 aromatic carbocycles. The monoisotopic (exact) mass is 308 g/mol. The van der Waals surface area contributed by atoms with Gasteiger partial charge >= 0.3 is 0 Å². The van der Waals surface area contributed by atoms with Crippen LogP contribution in [-0.4, -0.2) is 0 Å². The van der Waals surface area contributed by atoms with Crippen LogP contribution in [0, 0.1) is 46.9 Å². The smallest absolute Gasteiger partial charge is 0.0953 e. The standard InChI is InChI=1S/C23H32/c1-6-10-13-16-20-23(19-9-4,21-17-14-11-7-2)22(5)18-15-12-8-3/h6,8,22H,1,3,7,10,12-13,15-16,18,20H2,2,4-5H3. The Kier molecular flexibility index (Phi) is 12.7. The van der Waals surface area contributed by atoms with Crippen molar-refractivity contribution in [1.82, 2.24) is 0 Å². The molecule has 23 heavy (non-hydrogen) atoms. The Morgan fingerprint density at radius 1 is 1.00 bits per heavy atom. The van der Waals surface area contributed by atoms with Crippen LogP contribution in [0.25, 0.3) is 0 Å². The maximum absolute atomic E-state index is 3.81. The summed E-state index contributed by atoms with van der Waals surface area (Å²) in [6, 6.07) is 0. The maximum atomic E-state index is 3.81. The molecule has 0 spiro atoms. The van der Waals surface area contributed by atoms with Crippen LogP contribution < -0.4 is 0 Å². The van der Waals surface area contributed by atoms with Crippen molar-refractivity contribution >= 4 is 0 Å². The SMILES string of the molecule is C=CCCCCC(C#CC)(C#CC#CCC)C(C)CCCC=C. The molecule has 0 aliphatic heterocycles. The van der Waals surface area contributed by atoms with Crippen molar-refractivity contribution in [3.63, 3.8) is 0 Å². The molecule has 0 aromatic rings. The van der Waals surface area contributed by atoms with Gasteiger partial charge < -0.3 is 0 Å². The van der Waals surface area contributed by atoms with Gasteiger partial charge in [0.2, 0.25) is 0 Å². The first-order valence-corrected chi connectivity index (χ1v) is 8.82. The van der Waals surface area contributed by atoms with Crippen LogP contribution in [0.2, 0.25) is 0 Å². The Bertz CT molecular complexity index is 518. The molecule has 0 aliphatic carbocycles. The Labute approximate surface area is 144 Å². The summed E-state index contributed by atoms with van der Waals surface area (Å²) in [5.41, 5.74) is -0.237. The van der Waals surface area contributed by atoms with Crippen LogP contribution in [0.3, 0.4) is 0 Å². The lowest BCUT2D eigenvalue weighted by Gasteiger charge is -2.30. The Balaban J connectivity index is 5.26. The van der Waals surface area contributed by atoms with E-state index >= 15 is 0 Å². The van der Waals surface area contributed by atoms with E-state index in [0.717, 1.165) is 51.4 Å². The third-order valence-electron chi connectivity index (χ3n) is 4.08. The molecule has 0 radical (unpaired) electrons. The van der Waals surface area contributed by atoms with Crippen LogP contribution in [-0.2, 0) is 0 Å². The normalized spacial score (nSPS) is 13.0. The van der Waals surface area contributed by atoms with Crippen molar-refractivity contribution in [3.05, 3.63) is 25.3 Å². The lowest BCUT2D eigenvalue weighted by molar-refractivity contribution is 0.295. The second-order valence-electron chi connectivity index (χ2n) is 5.91. The fourth-order valence-electron chi connectivity index (χ4n) is 2.65. The number of unbranched alkanes of at least 4 members (excludes halogenated alkanes) is 3. The van der Waals surface area contributed by atoms with Gasteiger partial charge in [0.1, 0.15) is 0 Å². The van der Waals surface area contributed by atoms with E-state index in [1.165, 1.54) is 0 Å². The highest BCUT2D eigenvalue weighted by atomic mass is 14.3. The van der Waals surface area contributed by atoms with E-state index in [-0.39, 0.29) is 5.41 Å². The zero-order valence-electron chi connectivity index (χ0n) is 15.3. The predicted molar refractivity (Wildman–Crippen MR) is 104 cm³/mol. The summed E-state index contributed by atoms with van der Waals surface area (Å²) >= 11 is 0. The molecule has 0 saturated heterocycles. The molecule has 0 nitrogen and oxygen atoms in total.